The standard InChI is InChI=1S/C26H24N2/c1-17-6-15-25-23(16-17)22-4-2-3-5-24(22)26(25,18-7-11-20(27)12-8-18)19-9-13-21(28)14-10-19/h2-5,7-17H,6,27-28H2,1H3. The zero-order chi connectivity index (χ0) is 19.3. The topological polar surface area (TPSA) is 52.0 Å². The first-order valence-electron chi connectivity index (χ1n) is 9.85. The van der Waals surface area contributed by atoms with Crippen molar-refractivity contribution in [1.29, 1.82) is 0 Å². The zero-order valence-electron chi connectivity index (χ0n) is 16.0. The van der Waals surface area contributed by atoms with Gasteiger partial charge in [0.05, 0.1) is 5.41 Å². The van der Waals surface area contributed by atoms with E-state index in [4.69, 9.17) is 11.5 Å². The van der Waals surface area contributed by atoms with Gasteiger partial charge in [0.15, 0.2) is 0 Å². The molecular weight excluding hydrogens is 340 g/mol. The van der Waals surface area contributed by atoms with Crippen LogP contribution in [0.15, 0.2) is 90.5 Å². The van der Waals surface area contributed by atoms with Crippen LogP contribution in [0.1, 0.15) is 35.6 Å². The fraction of sp³-hybridized carbons (Fsp3) is 0.154. The zero-order valence-corrected chi connectivity index (χ0v) is 16.0. The fourth-order valence-electron chi connectivity index (χ4n) is 4.89. The van der Waals surface area contributed by atoms with Gasteiger partial charge in [0.25, 0.3) is 0 Å². The van der Waals surface area contributed by atoms with Crippen molar-refractivity contribution in [3.05, 3.63) is 113 Å². The van der Waals surface area contributed by atoms with Gasteiger partial charge < -0.3 is 11.5 Å². The summed E-state index contributed by atoms with van der Waals surface area (Å²) in [6, 6.07) is 25.5. The second kappa shape index (κ2) is 6.13. The third-order valence-corrected chi connectivity index (χ3v) is 6.15. The maximum Gasteiger partial charge on any atom is 0.0710 e. The minimum atomic E-state index is -0.343. The maximum absolute atomic E-state index is 6.03. The van der Waals surface area contributed by atoms with E-state index in [0.717, 1.165) is 17.8 Å². The van der Waals surface area contributed by atoms with Gasteiger partial charge in [-0.2, -0.15) is 0 Å². The Morgan fingerprint density at radius 3 is 1.96 bits per heavy atom. The molecule has 28 heavy (non-hydrogen) atoms. The number of benzene rings is 3. The third-order valence-electron chi connectivity index (χ3n) is 6.15. The van der Waals surface area contributed by atoms with Crippen molar-refractivity contribution in [1.82, 2.24) is 0 Å². The second-order valence-corrected chi connectivity index (χ2v) is 7.95. The summed E-state index contributed by atoms with van der Waals surface area (Å²) in [5, 5.41) is 0. The molecule has 5 rings (SSSR count). The Morgan fingerprint density at radius 1 is 0.786 bits per heavy atom. The smallest absolute Gasteiger partial charge is 0.0710 e. The lowest BCUT2D eigenvalue weighted by Crippen LogP contribution is -2.29. The Kier molecular flexibility index (Phi) is 3.70. The van der Waals surface area contributed by atoms with Crippen LogP contribution in [0.2, 0.25) is 0 Å². The van der Waals surface area contributed by atoms with Crippen LogP contribution >= 0.6 is 0 Å². The Morgan fingerprint density at radius 2 is 1.36 bits per heavy atom. The van der Waals surface area contributed by atoms with Crippen LogP contribution in [0, 0.1) is 5.92 Å². The van der Waals surface area contributed by atoms with E-state index in [0.29, 0.717) is 5.92 Å². The highest BCUT2D eigenvalue weighted by molar-refractivity contribution is 5.94. The van der Waals surface area contributed by atoms with E-state index in [-0.39, 0.29) is 5.41 Å². The summed E-state index contributed by atoms with van der Waals surface area (Å²) in [5.41, 5.74) is 21.2. The van der Waals surface area contributed by atoms with Crippen LogP contribution in [-0.2, 0) is 5.41 Å². The van der Waals surface area contributed by atoms with E-state index >= 15 is 0 Å². The Bertz CT molecular complexity index is 1060. The summed E-state index contributed by atoms with van der Waals surface area (Å²) in [6.07, 6.45) is 5.93. The Labute approximate surface area is 166 Å². The quantitative estimate of drug-likeness (QED) is 0.586. The molecule has 0 bridgehead atoms. The average molecular weight is 364 g/mol. The summed E-state index contributed by atoms with van der Waals surface area (Å²) in [4.78, 5) is 0. The van der Waals surface area contributed by atoms with Gasteiger partial charge in [0, 0.05) is 11.4 Å². The molecule has 138 valence electrons. The molecular formula is C26H24N2. The van der Waals surface area contributed by atoms with E-state index in [1.54, 1.807) is 0 Å². The molecule has 0 aromatic heterocycles. The van der Waals surface area contributed by atoms with Crippen LogP contribution in [0.25, 0.3) is 5.57 Å². The van der Waals surface area contributed by atoms with Gasteiger partial charge in [-0.15, -0.1) is 0 Å². The van der Waals surface area contributed by atoms with Crippen molar-refractivity contribution in [2.75, 3.05) is 11.5 Å². The predicted octanol–water partition coefficient (Wildman–Crippen LogP) is 5.55. The number of nitrogen functional groups attached to an aromatic ring is 2. The average Bonchev–Trinajstić information content (AvgIpc) is 3.00. The molecule has 0 aliphatic heterocycles. The number of fused-ring (bicyclic) bond motifs is 3. The molecule has 4 N–H and O–H groups in total. The molecule has 2 nitrogen and oxygen atoms in total. The molecule has 2 aliphatic carbocycles. The predicted molar refractivity (Wildman–Crippen MR) is 118 cm³/mol. The molecule has 2 heteroatoms. The molecule has 1 unspecified atom stereocenters. The van der Waals surface area contributed by atoms with Gasteiger partial charge >= 0.3 is 0 Å². The molecule has 0 heterocycles. The number of anilines is 2. The van der Waals surface area contributed by atoms with Gasteiger partial charge in [-0.1, -0.05) is 67.6 Å². The highest BCUT2D eigenvalue weighted by Crippen LogP contribution is 2.58. The molecule has 0 saturated carbocycles. The van der Waals surface area contributed by atoms with Crippen LogP contribution in [-0.4, -0.2) is 0 Å². The molecule has 1 atom stereocenters. The van der Waals surface area contributed by atoms with Crippen molar-refractivity contribution in [2.45, 2.75) is 18.8 Å². The van der Waals surface area contributed by atoms with Gasteiger partial charge in [-0.25, -0.2) is 0 Å². The summed E-state index contributed by atoms with van der Waals surface area (Å²) in [7, 11) is 0. The summed E-state index contributed by atoms with van der Waals surface area (Å²) < 4.78 is 0. The first-order chi connectivity index (χ1) is 13.6. The van der Waals surface area contributed by atoms with Crippen molar-refractivity contribution in [3.8, 4) is 0 Å². The van der Waals surface area contributed by atoms with Crippen molar-refractivity contribution in [2.24, 2.45) is 5.92 Å². The summed E-state index contributed by atoms with van der Waals surface area (Å²) in [5.74, 6) is 0.542. The summed E-state index contributed by atoms with van der Waals surface area (Å²) >= 11 is 0. The third kappa shape index (κ3) is 2.27. The molecule has 3 aromatic rings. The van der Waals surface area contributed by atoms with Crippen molar-refractivity contribution in [3.63, 3.8) is 0 Å². The van der Waals surface area contributed by atoms with E-state index in [2.05, 4.69) is 67.6 Å². The molecule has 0 radical (unpaired) electrons. The molecule has 3 aromatic carbocycles. The van der Waals surface area contributed by atoms with E-state index in [1.165, 1.54) is 33.4 Å². The lowest BCUT2D eigenvalue weighted by molar-refractivity contribution is 0.704. The van der Waals surface area contributed by atoms with E-state index in [1.807, 2.05) is 24.3 Å². The second-order valence-electron chi connectivity index (χ2n) is 7.95. The minimum Gasteiger partial charge on any atom is -0.399 e. The highest BCUT2D eigenvalue weighted by Gasteiger charge is 2.48. The minimum absolute atomic E-state index is 0.343. The SMILES string of the molecule is CC1C=C2C(=CC1)C(c1ccc(N)cc1)(c1ccc(N)cc1)c1ccccc12. The molecule has 0 amide bonds. The summed E-state index contributed by atoms with van der Waals surface area (Å²) in [6.45, 7) is 2.29. The first kappa shape index (κ1) is 16.9. The first-order valence-corrected chi connectivity index (χ1v) is 9.85. The lowest BCUT2D eigenvalue weighted by Gasteiger charge is -2.35. The highest BCUT2D eigenvalue weighted by atomic mass is 14.6. The monoisotopic (exact) mass is 364 g/mol. The Balaban J connectivity index is 1.90. The van der Waals surface area contributed by atoms with Gasteiger partial charge in [0.2, 0.25) is 0 Å². The van der Waals surface area contributed by atoms with Crippen LogP contribution in [0.5, 0.6) is 0 Å². The number of hydrogen-bond donors (Lipinski definition) is 2. The molecule has 2 aliphatic rings. The number of hydrogen-bond acceptors (Lipinski definition) is 2. The van der Waals surface area contributed by atoms with Gasteiger partial charge in [-0.3, -0.25) is 0 Å². The van der Waals surface area contributed by atoms with E-state index in [9.17, 15) is 0 Å². The van der Waals surface area contributed by atoms with Crippen molar-refractivity contribution >= 4 is 16.9 Å². The number of allylic oxidation sites excluding steroid dienone is 4. The van der Waals surface area contributed by atoms with Crippen LogP contribution in [0.3, 0.4) is 0 Å². The normalized spacial score (nSPS) is 19.4. The lowest BCUT2D eigenvalue weighted by atomic mass is 9.66. The van der Waals surface area contributed by atoms with Crippen LogP contribution < -0.4 is 11.5 Å². The van der Waals surface area contributed by atoms with Crippen LogP contribution in [0.4, 0.5) is 11.4 Å². The largest absolute Gasteiger partial charge is 0.399 e. The Hall–Kier alpha value is -3.26. The van der Waals surface area contributed by atoms with E-state index < -0.39 is 0 Å². The number of nitrogens with two attached hydrogens (primary N) is 2. The molecule has 0 saturated heterocycles. The fourth-order valence-corrected chi connectivity index (χ4v) is 4.89. The van der Waals surface area contributed by atoms with Gasteiger partial charge in [-0.05, 0) is 70.0 Å². The molecule has 0 spiro atoms. The number of rotatable bonds is 2. The van der Waals surface area contributed by atoms with Gasteiger partial charge in [0.1, 0.15) is 0 Å². The molecule has 0 fully saturated rings. The van der Waals surface area contributed by atoms with Crippen molar-refractivity contribution < 1.29 is 0 Å². The maximum atomic E-state index is 6.03.